The summed E-state index contributed by atoms with van der Waals surface area (Å²) in [6, 6.07) is 14.3. The predicted molar refractivity (Wildman–Crippen MR) is 90.0 cm³/mol. The van der Waals surface area contributed by atoms with E-state index in [0.717, 1.165) is 5.56 Å². The Hall–Kier alpha value is -1.40. The van der Waals surface area contributed by atoms with Crippen molar-refractivity contribution in [2.75, 3.05) is 13.1 Å². The van der Waals surface area contributed by atoms with Crippen molar-refractivity contribution in [2.45, 2.75) is 24.5 Å². The van der Waals surface area contributed by atoms with Gasteiger partial charge in [0, 0.05) is 18.1 Å². The first-order valence-electron chi connectivity index (χ1n) is 7.38. The third-order valence-electron chi connectivity index (χ3n) is 3.87. The average Bonchev–Trinajstić information content (AvgIpc) is 2.48. The largest absolute Gasteiger partial charge is 0.371 e. The fourth-order valence-electron chi connectivity index (χ4n) is 2.36. The summed E-state index contributed by atoms with van der Waals surface area (Å²) in [6.07, 6.45) is -0.0571. The molecule has 0 N–H and O–H groups in total. The summed E-state index contributed by atoms with van der Waals surface area (Å²) in [5.74, 6) is 0. The highest BCUT2D eigenvalue weighted by molar-refractivity contribution is 7.89. The van der Waals surface area contributed by atoms with E-state index in [2.05, 4.69) is 0 Å². The molecular formula is C17H18ClNO3S. The molecule has 1 heterocycles. The number of benzene rings is 2. The van der Waals surface area contributed by atoms with Gasteiger partial charge in [-0.1, -0.05) is 41.4 Å². The SMILES string of the molecule is Cc1ccc(COC2CN(S(=O)(=O)c3ccc(Cl)cc3)C2)cc1. The zero-order valence-electron chi connectivity index (χ0n) is 12.8. The molecule has 2 aromatic carbocycles. The van der Waals surface area contributed by atoms with E-state index < -0.39 is 10.0 Å². The van der Waals surface area contributed by atoms with Crippen LogP contribution in [0.1, 0.15) is 11.1 Å². The molecule has 0 atom stereocenters. The maximum Gasteiger partial charge on any atom is 0.243 e. The van der Waals surface area contributed by atoms with E-state index in [1.54, 1.807) is 12.1 Å². The van der Waals surface area contributed by atoms with Gasteiger partial charge in [0.15, 0.2) is 0 Å². The van der Waals surface area contributed by atoms with Crippen molar-refractivity contribution in [3.63, 3.8) is 0 Å². The van der Waals surface area contributed by atoms with E-state index in [-0.39, 0.29) is 11.0 Å². The van der Waals surface area contributed by atoms with Crippen LogP contribution in [0.3, 0.4) is 0 Å². The maximum atomic E-state index is 12.4. The van der Waals surface area contributed by atoms with Crippen molar-refractivity contribution in [1.82, 2.24) is 4.31 Å². The molecule has 0 amide bonds. The highest BCUT2D eigenvalue weighted by Gasteiger charge is 2.37. The topological polar surface area (TPSA) is 46.6 Å². The van der Waals surface area contributed by atoms with Gasteiger partial charge < -0.3 is 4.74 Å². The highest BCUT2D eigenvalue weighted by Crippen LogP contribution is 2.24. The Kier molecular flexibility index (Phi) is 4.73. The third kappa shape index (κ3) is 3.75. The van der Waals surface area contributed by atoms with E-state index in [1.807, 2.05) is 31.2 Å². The van der Waals surface area contributed by atoms with Crippen LogP contribution < -0.4 is 0 Å². The monoisotopic (exact) mass is 351 g/mol. The van der Waals surface area contributed by atoms with Crippen molar-refractivity contribution in [3.05, 3.63) is 64.7 Å². The van der Waals surface area contributed by atoms with Gasteiger partial charge >= 0.3 is 0 Å². The van der Waals surface area contributed by atoms with Crippen molar-refractivity contribution < 1.29 is 13.2 Å². The Morgan fingerprint density at radius 2 is 1.70 bits per heavy atom. The molecule has 1 saturated heterocycles. The van der Waals surface area contributed by atoms with Crippen LogP contribution in [0.25, 0.3) is 0 Å². The normalized spacial score (nSPS) is 16.3. The van der Waals surface area contributed by atoms with Gasteiger partial charge in [0.1, 0.15) is 0 Å². The quantitative estimate of drug-likeness (QED) is 0.830. The lowest BCUT2D eigenvalue weighted by atomic mass is 10.1. The first-order chi connectivity index (χ1) is 10.9. The molecule has 2 aromatic rings. The van der Waals surface area contributed by atoms with Crippen LogP contribution in [0.15, 0.2) is 53.4 Å². The van der Waals surface area contributed by atoms with Crippen LogP contribution in [0.4, 0.5) is 0 Å². The molecule has 23 heavy (non-hydrogen) atoms. The van der Waals surface area contributed by atoms with Gasteiger partial charge in [-0.05, 0) is 36.8 Å². The van der Waals surface area contributed by atoms with Gasteiger partial charge in [-0.15, -0.1) is 0 Å². The van der Waals surface area contributed by atoms with Crippen LogP contribution in [0.5, 0.6) is 0 Å². The molecule has 1 aliphatic rings. The molecule has 122 valence electrons. The minimum atomic E-state index is -3.45. The third-order valence-corrected chi connectivity index (χ3v) is 5.97. The van der Waals surface area contributed by atoms with E-state index in [4.69, 9.17) is 16.3 Å². The van der Waals surface area contributed by atoms with E-state index >= 15 is 0 Å². The summed E-state index contributed by atoms with van der Waals surface area (Å²) in [6.45, 7) is 3.31. The molecular weight excluding hydrogens is 334 g/mol. The van der Waals surface area contributed by atoms with Crippen LogP contribution in [-0.4, -0.2) is 31.9 Å². The van der Waals surface area contributed by atoms with E-state index in [1.165, 1.54) is 22.0 Å². The second-order valence-electron chi connectivity index (χ2n) is 5.69. The van der Waals surface area contributed by atoms with Crippen molar-refractivity contribution in [2.24, 2.45) is 0 Å². The number of halogens is 1. The predicted octanol–water partition coefficient (Wildman–Crippen LogP) is 3.24. The summed E-state index contributed by atoms with van der Waals surface area (Å²) in [5.41, 5.74) is 2.30. The molecule has 3 rings (SSSR count). The minimum Gasteiger partial charge on any atom is -0.371 e. The Morgan fingerprint density at radius 3 is 2.30 bits per heavy atom. The maximum absolute atomic E-state index is 12.4. The summed E-state index contributed by atoms with van der Waals surface area (Å²) in [7, 11) is -3.45. The molecule has 4 nitrogen and oxygen atoms in total. The number of ether oxygens (including phenoxy) is 1. The summed E-state index contributed by atoms with van der Waals surface area (Å²) in [5, 5.41) is 0.520. The summed E-state index contributed by atoms with van der Waals surface area (Å²) < 4.78 is 32.0. The lowest BCUT2D eigenvalue weighted by Crippen LogP contribution is -2.54. The lowest BCUT2D eigenvalue weighted by Gasteiger charge is -2.37. The number of rotatable bonds is 5. The van der Waals surface area contributed by atoms with Gasteiger partial charge in [0.05, 0.1) is 17.6 Å². The van der Waals surface area contributed by atoms with E-state index in [9.17, 15) is 8.42 Å². The Bertz CT molecular complexity index is 766. The van der Waals surface area contributed by atoms with Crippen molar-refractivity contribution in [3.8, 4) is 0 Å². The fourth-order valence-corrected chi connectivity index (χ4v) is 3.99. The Morgan fingerprint density at radius 1 is 1.09 bits per heavy atom. The van der Waals surface area contributed by atoms with Gasteiger partial charge in [-0.2, -0.15) is 4.31 Å². The van der Waals surface area contributed by atoms with Gasteiger partial charge in [0.2, 0.25) is 10.0 Å². The first-order valence-corrected chi connectivity index (χ1v) is 9.20. The van der Waals surface area contributed by atoms with Gasteiger partial charge in [-0.25, -0.2) is 8.42 Å². The number of hydrogen-bond donors (Lipinski definition) is 0. The fraction of sp³-hybridized carbons (Fsp3) is 0.294. The molecule has 0 radical (unpaired) electrons. The molecule has 0 aromatic heterocycles. The number of nitrogens with zero attached hydrogens (tertiary/aromatic N) is 1. The molecule has 1 aliphatic heterocycles. The number of aryl methyl sites for hydroxylation is 1. The smallest absolute Gasteiger partial charge is 0.243 e. The van der Waals surface area contributed by atoms with Crippen molar-refractivity contribution in [1.29, 1.82) is 0 Å². The van der Waals surface area contributed by atoms with Gasteiger partial charge in [-0.3, -0.25) is 0 Å². The van der Waals surface area contributed by atoms with Crippen LogP contribution >= 0.6 is 11.6 Å². The molecule has 1 fully saturated rings. The molecule has 0 unspecified atom stereocenters. The standard InChI is InChI=1S/C17H18ClNO3S/c1-13-2-4-14(5-3-13)12-22-16-10-19(11-16)23(20,21)17-8-6-15(18)7-9-17/h2-9,16H,10-12H2,1H3. The van der Waals surface area contributed by atoms with E-state index in [0.29, 0.717) is 24.7 Å². The zero-order valence-corrected chi connectivity index (χ0v) is 14.3. The minimum absolute atomic E-state index is 0.0571. The Labute approximate surface area is 141 Å². The first kappa shape index (κ1) is 16.5. The number of sulfonamides is 1. The molecule has 0 saturated carbocycles. The van der Waals surface area contributed by atoms with Crippen LogP contribution in [0, 0.1) is 6.92 Å². The van der Waals surface area contributed by atoms with Crippen molar-refractivity contribution >= 4 is 21.6 Å². The summed E-state index contributed by atoms with van der Waals surface area (Å²) >= 11 is 5.79. The summed E-state index contributed by atoms with van der Waals surface area (Å²) in [4.78, 5) is 0.263. The Balaban J connectivity index is 1.54. The average molecular weight is 352 g/mol. The number of hydrogen-bond acceptors (Lipinski definition) is 3. The molecule has 0 bridgehead atoms. The second-order valence-corrected chi connectivity index (χ2v) is 8.07. The van der Waals surface area contributed by atoms with Crippen LogP contribution in [-0.2, 0) is 21.4 Å². The molecule has 6 heteroatoms. The van der Waals surface area contributed by atoms with Crippen LogP contribution in [0.2, 0.25) is 5.02 Å². The molecule has 0 spiro atoms. The zero-order chi connectivity index (χ0) is 16.4. The highest BCUT2D eigenvalue weighted by atomic mass is 35.5. The van der Waals surface area contributed by atoms with Gasteiger partial charge in [0.25, 0.3) is 0 Å². The molecule has 0 aliphatic carbocycles. The second kappa shape index (κ2) is 6.61. The lowest BCUT2D eigenvalue weighted by molar-refractivity contribution is -0.0295.